The van der Waals surface area contributed by atoms with E-state index in [0.29, 0.717) is 10.4 Å². The molecule has 6 nitrogen and oxygen atoms in total. The fourth-order valence-corrected chi connectivity index (χ4v) is 4.31. The van der Waals surface area contributed by atoms with Crippen molar-refractivity contribution in [1.29, 1.82) is 0 Å². The molecule has 0 spiro atoms. The number of ether oxygens (including phenoxy) is 1. The highest BCUT2D eigenvalue weighted by Crippen LogP contribution is 2.35. The maximum absolute atomic E-state index is 14.2. The summed E-state index contributed by atoms with van der Waals surface area (Å²) in [6.07, 6.45) is -2.12. The Hall–Kier alpha value is -3.40. The van der Waals surface area contributed by atoms with Crippen LogP contribution in [0.4, 0.5) is 17.6 Å². The SMILES string of the molecule is COc1ccccc1C(CNC(=O)c1cnn(-c2ccccc2F)c1C(F)(F)F)N1CCCC1. The van der Waals surface area contributed by atoms with Crippen molar-refractivity contribution in [2.75, 3.05) is 26.7 Å². The molecule has 0 radical (unpaired) electrons. The molecule has 34 heavy (non-hydrogen) atoms. The van der Waals surface area contributed by atoms with Crippen LogP contribution in [0.1, 0.15) is 40.5 Å². The van der Waals surface area contributed by atoms with Crippen LogP contribution in [0.15, 0.2) is 54.7 Å². The predicted octanol–water partition coefficient (Wildman–Crippen LogP) is 4.61. The maximum atomic E-state index is 14.2. The minimum atomic E-state index is -4.93. The average molecular weight is 476 g/mol. The van der Waals surface area contributed by atoms with Gasteiger partial charge in [-0.3, -0.25) is 9.69 Å². The molecule has 1 fully saturated rings. The molecule has 2 aromatic carbocycles. The third-order valence-electron chi connectivity index (χ3n) is 5.90. The molecule has 180 valence electrons. The van der Waals surface area contributed by atoms with Gasteiger partial charge in [0, 0.05) is 12.1 Å². The number of carbonyl (C=O) groups excluding carboxylic acids is 1. The van der Waals surface area contributed by atoms with Crippen molar-refractivity contribution in [1.82, 2.24) is 20.0 Å². The van der Waals surface area contributed by atoms with Gasteiger partial charge in [-0.15, -0.1) is 0 Å². The van der Waals surface area contributed by atoms with Gasteiger partial charge in [0.1, 0.15) is 17.3 Å². The highest BCUT2D eigenvalue weighted by molar-refractivity contribution is 5.95. The summed E-state index contributed by atoms with van der Waals surface area (Å²) in [4.78, 5) is 15.1. The largest absolute Gasteiger partial charge is 0.496 e. The fraction of sp³-hybridized carbons (Fsp3) is 0.333. The Labute approximate surface area is 194 Å². The van der Waals surface area contributed by atoms with Crippen molar-refractivity contribution in [2.24, 2.45) is 0 Å². The van der Waals surface area contributed by atoms with Crippen molar-refractivity contribution < 1.29 is 27.1 Å². The van der Waals surface area contributed by atoms with Crippen LogP contribution >= 0.6 is 0 Å². The van der Waals surface area contributed by atoms with Gasteiger partial charge in [0.05, 0.1) is 24.9 Å². The van der Waals surface area contributed by atoms with Crippen LogP contribution in [0.2, 0.25) is 0 Å². The Kier molecular flexibility index (Phi) is 6.87. The predicted molar refractivity (Wildman–Crippen MR) is 117 cm³/mol. The Morgan fingerprint density at radius 3 is 2.47 bits per heavy atom. The van der Waals surface area contributed by atoms with E-state index in [1.807, 2.05) is 18.2 Å². The smallest absolute Gasteiger partial charge is 0.434 e. The molecule has 4 rings (SSSR count). The zero-order valence-electron chi connectivity index (χ0n) is 18.5. The maximum Gasteiger partial charge on any atom is 0.434 e. The van der Waals surface area contributed by atoms with Crippen LogP contribution < -0.4 is 10.1 Å². The lowest BCUT2D eigenvalue weighted by atomic mass is 10.0. The van der Waals surface area contributed by atoms with Gasteiger partial charge in [0.15, 0.2) is 5.69 Å². The Morgan fingerprint density at radius 2 is 1.79 bits per heavy atom. The highest BCUT2D eigenvalue weighted by Gasteiger charge is 2.41. The van der Waals surface area contributed by atoms with E-state index < -0.39 is 34.8 Å². The lowest BCUT2D eigenvalue weighted by molar-refractivity contribution is -0.143. The van der Waals surface area contributed by atoms with Gasteiger partial charge < -0.3 is 10.1 Å². The lowest BCUT2D eigenvalue weighted by Gasteiger charge is -2.29. The second kappa shape index (κ2) is 9.84. The zero-order chi connectivity index (χ0) is 24.3. The number of carbonyl (C=O) groups is 1. The number of nitrogens with one attached hydrogen (secondary N) is 1. The van der Waals surface area contributed by atoms with Crippen molar-refractivity contribution in [3.8, 4) is 11.4 Å². The first kappa shape index (κ1) is 23.7. The molecular formula is C24H24F4N4O2. The van der Waals surface area contributed by atoms with E-state index >= 15 is 0 Å². The van der Waals surface area contributed by atoms with Crippen molar-refractivity contribution in [3.05, 3.63) is 77.4 Å². The zero-order valence-corrected chi connectivity index (χ0v) is 18.5. The number of methoxy groups -OCH3 is 1. The van der Waals surface area contributed by atoms with E-state index in [0.717, 1.165) is 43.8 Å². The first-order chi connectivity index (χ1) is 16.3. The fourth-order valence-electron chi connectivity index (χ4n) is 4.31. The van der Waals surface area contributed by atoms with Crippen molar-refractivity contribution in [3.63, 3.8) is 0 Å². The third kappa shape index (κ3) is 4.77. The molecule has 2 heterocycles. The topological polar surface area (TPSA) is 59.4 Å². The number of hydrogen-bond donors (Lipinski definition) is 1. The first-order valence-corrected chi connectivity index (χ1v) is 10.9. The number of likely N-dealkylation sites (tertiary alicyclic amines) is 1. The van der Waals surface area contributed by atoms with E-state index in [2.05, 4.69) is 15.3 Å². The molecule has 1 atom stereocenters. The number of hydrogen-bond acceptors (Lipinski definition) is 4. The molecule has 1 unspecified atom stereocenters. The van der Waals surface area contributed by atoms with E-state index in [1.54, 1.807) is 13.2 Å². The summed E-state index contributed by atoms with van der Waals surface area (Å²) in [6.45, 7) is 1.68. The Balaban J connectivity index is 1.63. The minimum Gasteiger partial charge on any atom is -0.496 e. The quantitative estimate of drug-likeness (QED) is 0.507. The monoisotopic (exact) mass is 476 g/mol. The van der Waals surface area contributed by atoms with E-state index in [1.165, 1.54) is 18.2 Å². The van der Waals surface area contributed by atoms with Crippen LogP contribution in [0.3, 0.4) is 0 Å². The standard InChI is InChI=1S/C24H24F4N4O2/c1-34-21-11-5-2-8-16(21)20(31-12-6-7-13-31)15-29-23(33)17-14-30-32(22(17)24(26,27)28)19-10-4-3-9-18(19)25/h2-5,8-11,14,20H,6-7,12-13,15H2,1H3,(H,29,33). The molecule has 0 aliphatic carbocycles. The van der Waals surface area contributed by atoms with Crippen molar-refractivity contribution >= 4 is 5.91 Å². The molecule has 3 aromatic rings. The Bertz CT molecular complexity index is 1160. The Morgan fingerprint density at radius 1 is 1.12 bits per heavy atom. The summed E-state index contributed by atoms with van der Waals surface area (Å²) in [5, 5.41) is 6.32. The van der Waals surface area contributed by atoms with E-state index in [-0.39, 0.29) is 12.6 Å². The molecule has 1 N–H and O–H groups in total. The number of alkyl halides is 3. The summed E-state index contributed by atoms with van der Waals surface area (Å²) in [7, 11) is 1.55. The number of para-hydroxylation sites is 2. The summed E-state index contributed by atoms with van der Waals surface area (Å²) in [5.74, 6) is -1.18. The normalized spacial score (nSPS) is 15.3. The van der Waals surface area contributed by atoms with E-state index in [4.69, 9.17) is 4.74 Å². The first-order valence-electron chi connectivity index (χ1n) is 10.9. The lowest BCUT2D eigenvalue weighted by Crippen LogP contribution is -2.37. The van der Waals surface area contributed by atoms with Gasteiger partial charge in [-0.05, 0) is 44.1 Å². The molecular weight excluding hydrogens is 452 g/mol. The molecule has 0 saturated carbocycles. The van der Waals surface area contributed by atoms with E-state index in [9.17, 15) is 22.4 Å². The van der Waals surface area contributed by atoms with Crippen molar-refractivity contribution in [2.45, 2.75) is 25.1 Å². The summed E-state index contributed by atoms with van der Waals surface area (Å²) in [5.41, 5.74) is -1.55. The molecule has 10 heteroatoms. The second-order valence-electron chi connectivity index (χ2n) is 7.98. The highest BCUT2D eigenvalue weighted by atomic mass is 19.4. The number of halogens is 4. The number of rotatable bonds is 7. The van der Waals surface area contributed by atoms with Crippen LogP contribution in [0.5, 0.6) is 5.75 Å². The molecule has 1 aliphatic rings. The van der Waals surface area contributed by atoms with Gasteiger partial charge in [0.2, 0.25) is 0 Å². The summed E-state index contributed by atoms with van der Waals surface area (Å²) in [6, 6.07) is 12.0. The number of amides is 1. The van der Waals surface area contributed by atoms with Gasteiger partial charge in [-0.25, -0.2) is 9.07 Å². The molecule has 1 saturated heterocycles. The number of aromatic nitrogens is 2. The molecule has 0 bridgehead atoms. The third-order valence-corrected chi connectivity index (χ3v) is 5.90. The number of nitrogens with zero attached hydrogens (tertiary/aromatic N) is 3. The minimum absolute atomic E-state index is 0.0708. The van der Waals surface area contributed by atoms with Gasteiger partial charge in [-0.1, -0.05) is 30.3 Å². The number of benzene rings is 2. The molecule has 1 aliphatic heterocycles. The summed E-state index contributed by atoms with van der Waals surface area (Å²) < 4.78 is 61.9. The van der Waals surface area contributed by atoms with Crippen LogP contribution in [0.25, 0.3) is 5.69 Å². The van der Waals surface area contributed by atoms with Gasteiger partial charge in [0.25, 0.3) is 5.91 Å². The summed E-state index contributed by atoms with van der Waals surface area (Å²) >= 11 is 0. The average Bonchev–Trinajstić information content (AvgIpc) is 3.50. The van der Waals surface area contributed by atoms with Gasteiger partial charge in [-0.2, -0.15) is 18.3 Å². The van der Waals surface area contributed by atoms with Crippen LogP contribution in [0, 0.1) is 5.82 Å². The van der Waals surface area contributed by atoms with Crippen LogP contribution in [-0.4, -0.2) is 47.3 Å². The van der Waals surface area contributed by atoms with Gasteiger partial charge >= 0.3 is 6.18 Å². The van der Waals surface area contributed by atoms with Crippen LogP contribution in [-0.2, 0) is 6.18 Å². The second-order valence-corrected chi connectivity index (χ2v) is 7.98. The molecule has 1 aromatic heterocycles. The molecule has 1 amide bonds.